The Kier molecular flexibility index (Phi) is 6.56. The molecule has 0 saturated heterocycles. The Labute approximate surface area is 344 Å². The molecular weight excluding hydrogens is 732 g/mol. The zero-order valence-corrected chi connectivity index (χ0v) is 33.4. The molecule has 0 aromatic heterocycles. The molecule has 1 nitrogen and oxygen atoms in total. The molecule has 0 heterocycles. The Hall–Kier alpha value is -6.79. The van der Waals surface area contributed by atoms with Gasteiger partial charge in [0.25, 0.3) is 0 Å². The van der Waals surface area contributed by atoms with Crippen molar-refractivity contribution >= 4 is 23.1 Å². The van der Waals surface area contributed by atoms with Crippen molar-refractivity contribution in [3.05, 3.63) is 256 Å². The average Bonchev–Trinajstić information content (AvgIpc) is 3.98. The SMILES string of the molecule is Cc1ccccc1P(=O)(c1ccc2c(c1)C1(c3ccccc3-c3ccccc31)c1ccccc1-2)c1ccc2c(c1)C1(c3ccccc3-c3ccccc31)c1ccccc1-2. The molecule has 0 aliphatic heterocycles. The largest absolute Gasteiger partial charge is 0.309 e. The van der Waals surface area contributed by atoms with Crippen LogP contribution < -0.4 is 15.9 Å². The first-order chi connectivity index (χ1) is 29.1. The molecule has 0 atom stereocenters. The third-order valence-electron chi connectivity index (χ3n) is 14.1. The van der Waals surface area contributed by atoms with Gasteiger partial charge in [-0.2, -0.15) is 0 Å². The standard InChI is InChI=1S/C57H37OP/c1-36-16-2-15-29-55(36)59(58,37-30-32-45-43-21-7-13-27-51(43)56(53(45)34-37)47-23-9-3-17-39(47)40-18-4-10-24-48(40)56)38-31-33-46-44-22-8-14-28-52(44)57(54(46)35-38)49-25-11-5-19-41(49)42-20-6-12-26-50(42)57/h2-35H,1H3. The van der Waals surface area contributed by atoms with Crippen molar-refractivity contribution in [3.8, 4) is 44.5 Å². The van der Waals surface area contributed by atoms with Crippen LogP contribution in [-0.2, 0) is 15.4 Å². The van der Waals surface area contributed by atoms with E-state index in [1.165, 1.54) is 89.0 Å². The zero-order valence-electron chi connectivity index (χ0n) is 32.5. The Morgan fingerprint density at radius 1 is 0.305 bits per heavy atom. The van der Waals surface area contributed by atoms with Gasteiger partial charge in [0.05, 0.1) is 10.8 Å². The Bertz CT molecular complexity index is 3020. The summed E-state index contributed by atoms with van der Waals surface area (Å²) in [4.78, 5) is 0. The fraction of sp³-hybridized carbons (Fsp3) is 0.0526. The van der Waals surface area contributed by atoms with Gasteiger partial charge in [0.1, 0.15) is 0 Å². The Morgan fingerprint density at radius 2 is 0.576 bits per heavy atom. The molecule has 4 aliphatic carbocycles. The molecule has 0 N–H and O–H groups in total. The summed E-state index contributed by atoms with van der Waals surface area (Å²) in [5.74, 6) is 0. The number of benzene rings is 9. The van der Waals surface area contributed by atoms with Crippen LogP contribution in [0.2, 0.25) is 0 Å². The average molecular weight is 769 g/mol. The first-order valence-corrected chi connectivity index (χ1v) is 22.3. The second-order valence-corrected chi connectivity index (χ2v) is 19.4. The summed E-state index contributed by atoms with van der Waals surface area (Å²) in [5.41, 5.74) is 20.0. The topological polar surface area (TPSA) is 17.1 Å². The van der Waals surface area contributed by atoms with Gasteiger partial charge in [-0.1, -0.05) is 194 Å². The lowest BCUT2D eigenvalue weighted by molar-refractivity contribution is 0.592. The van der Waals surface area contributed by atoms with Crippen molar-refractivity contribution in [3.63, 3.8) is 0 Å². The molecule has 276 valence electrons. The normalized spacial score (nSPS) is 14.9. The number of hydrogen-bond acceptors (Lipinski definition) is 1. The van der Waals surface area contributed by atoms with Crippen LogP contribution >= 0.6 is 7.14 Å². The van der Waals surface area contributed by atoms with E-state index in [-0.39, 0.29) is 0 Å². The van der Waals surface area contributed by atoms with E-state index in [0.717, 1.165) is 21.5 Å². The fourth-order valence-corrected chi connectivity index (χ4v) is 14.8. The first kappa shape index (κ1) is 33.2. The summed E-state index contributed by atoms with van der Waals surface area (Å²) < 4.78 is 17.2. The van der Waals surface area contributed by atoms with E-state index in [0.29, 0.717) is 0 Å². The van der Waals surface area contributed by atoms with E-state index in [1.807, 2.05) is 0 Å². The van der Waals surface area contributed by atoms with Gasteiger partial charge >= 0.3 is 0 Å². The summed E-state index contributed by atoms with van der Waals surface area (Å²) in [7, 11) is -3.52. The van der Waals surface area contributed by atoms with Gasteiger partial charge in [-0.25, -0.2) is 0 Å². The van der Waals surface area contributed by atoms with E-state index in [4.69, 9.17) is 0 Å². The van der Waals surface area contributed by atoms with Crippen molar-refractivity contribution in [2.45, 2.75) is 17.8 Å². The summed E-state index contributed by atoms with van der Waals surface area (Å²) in [6.07, 6.45) is 0. The lowest BCUT2D eigenvalue weighted by atomic mass is 9.70. The molecule has 0 fully saturated rings. The van der Waals surface area contributed by atoms with Gasteiger partial charge in [0.2, 0.25) is 0 Å². The lowest BCUT2D eigenvalue weighted by Crippen LogP contribution is -2.31. The minimum absolute atomic E-state index is 0.535. The summed E-state index contributed by atoms with van der Waals surface area (Å²) in [6.45, 7) is 2.12. The highest BCUT2D eigenvalue weighted by atomic mass is 31.2. The fourth-order valence-electron chi connectivity index (χ4n) is 11.9. The molecule has 0 radical (unpaired) electrons. The highest BCUT2D eigenvalue weighted by molar-refractivity contribution is 7.85. The minimum atomic E-state index is -3.52. The summed E-state index contributed by atoms with van der Waals surface area (Å²) >= 11 is 0. The van der Waals surface area contributed by atoms with E-state index < -0.39 is 18.0 Å². The Morgan fingerprint density at radius 3 is 0.898 bits per heavy atom. The van der Waals surface area contributed by atoms with E-state index in [1.54, 1.807) is 0 Å². The molecule has 2 heteroatoms. The van der Waals surface area contributed by atoms with Crippen molar-refractivity contribution in [2.75, 3.05) is 0 Å². The predicted molar refractivity (Wildman–Crippen MR) is 243 cm³/mol. The highest BCUT2D eigenvalue weighted by Crippen LogP contribution is 2.65. The molecule has 59 heavy (non-hydrogen) atoms. The molecule has 0 saturated carbocycles. The maximum Gasteiger partial charge on any atom is 0.171 e. The van der Waals surface area contributed by atoms with Crippen LogP contribution in [0.1, 0.15) is 50.1 Å². The summed E-state index contributed by atoms with van der Waals surface area (Å²) in [5, 5.41) is 2.60. The molecular formula is C57H37OP. The van der Waals surface area contributed by atoms with Crippen molar-refractivity contribution in [1.29, 1.82) is 0 Å². The number of aryl methyl sites for hydroxylation is 1. The van der Waals surface area contributed by atoms with E-state index >= 15 is 4.57 Å². The molecule has 2 spiro atoms. The van der Waals surface area contributed by atoms with Gasteiger partial charge in [-0.3, -0.25) is 0 Å². The minimum Gasteiger partial charge on any atom is -0.309 e. The van der Waals surface area contributed by atoms with Gasteiger partial charge < -0.3 is 4.57 Å². The van der Waals surface area contributed by atoms with Crippen LogP contribution in [0, 0.1) is 6.92 Å². The van der Waals surface area contributed by atoms with Crippen LogP contribution in [0.15, 0.2) is 206 Å². The molecule has 0 bridgehead atoms. The monoisotopic (exact) mass is 768 g/mol. The molecule has 0 unspecified atom stereocenters. The van der Waals surface area contributed by atoms with Crippen LogP contribution in [0.4, 0.5) is 0 Å². The van der Waals surface area contributed by atoms with E-state index in [2.05, 4.69) is 213 Å². The van der Waals surface area contributed by atoms with Crippen LogP contribution in [0.5, 0.6) is 0 Å². The van der Waals surface area contributed by atoms with E-state index in [9.17, 15) is 0 Å². The molecule has 9 aromatic rings. The Balaban J connectivity index is 1.11. The van der Waals surface area contributed by atoms with Crippen molar-refractivity contribution in [1.82, 2.24) is 0 Å². The maximum atomic E-state index is 17.2. The van der Waals surface area contributed by atoms with Crippen molar-refractivity contribution < 1.29 is 4.57 Å². The zero-order chi connectivity index (χ0) is 39.1. The maximum absolute atomic E-state index is 17.2. The number of rotatable bonds is 3. The van der Waals surface area contributed by atoms with Crippen LogP contribution in [-0.4, -0.2) is 0 Å². The molecule has 0 amide bonds. The summed E-state index contributed by atoms with van der Waals surface area (Å²) in [6, 6.07) is 75.3. The molecule has 13 rings (SSSR count). The predicted octanol–water partition coefficient (Wildman–Crippen LogP) is 12.3. The first-order valence-electron chi connectivity index (χ1n) is 20.6. The number of fused-ring (bicyclic) bond motifs is 20. The van der Waals surface area contributed by atoms with Gasteiger partial charge in [-0.05, 0) is 114 Å². The molecule has 4 aliphatic rings. The van der Waals surface area contributed by atoms with Gasteiger partial charge in [0.15, 0.2) is 7.14 Å². The number of hydrogen-bond donors (Lipinski definition) is 0. The van der Waals surface area contributed by atoms with Gasteiger partial charge in [0, 0.05) is 15.9 Å². The van der Waals surface area contributed by atoms with Crippen molar-refractivity contribution in [2.24, 2.45) is 0 Å². The third kappa shape index (κ3) is 3.90. The highest BCUT2D eigenvalue weighted by Gasteiger charge is 2.54. The lowest BCUT2D eigenvalue weighted by Gasteiger charge is -2.32. The second-order valence-electron chi connectivity index (χ2n) is 16.6. The second kappa shape index (κ2) is 11.7. The quantitative estimate of drug-likeness (QED) is 0.164. The van der Waals surface area contributed by atoms with Crippen LogP contribution in [0.25, 0.3) is 44.5 Å². The van der Waals surface area contributed by atoms with Gasteiger partial charge in [-0.15, -0.1) is 0 Å². The molecule has 9 aromatic carbocycles. The third-order valence-corrected chi connectivity index (χ3v) is 17.3. The smallest absolute Gasteiger partial charge is 0.171 e. The van der Waals surface area contributed by atoms with Crippen LogP contribution in [0.3, 0.4) is 0 Å².